The molecule has 1 aliphatic rings. The van der Waals surface area contributed by atoms with Gasteiger partial charge in [-0.1, -0.05) is 74.5 Å². The molecular weight excluding hydrogens is 552 g/mol. The molecule has 1 heterocycles. The molecule has 1 amide bonds. The molecule has 0 radical (unpaired) electrons. The Labute approximate surface area is 245 Å². The van der Waals surface area contributed by atoms with E-state index in [0.29, 0.717) is 12.0 Å². The zero-order chi connectivity index (χ0) is 30.5. The van der Waals surface area contributed by atoms with E-state index in [4.69, 9.17) is 28.4 Å². The van der Waals surface area contributed by atoms with Crippen LogP contribution in [0.4, 0.5) is 13.6 Å². The first-order chi connectivity index (χ1) is 20.2. The van der Waals surface area contributed by atoms with Gasteiger partial charge in [0, 0.05) is 19.4 Å². The summed E-state index contributed by atoms with van der Waals surface area (Å²) in [5.74, 6) is -4.97. The maximum Gasteiger partial charge on any atom is 0.408 e. The highest BCUT2D eigenvalue weighted by atomic mass is 19.3. The van der Waals surface area contributed by atoms with Crippen molar-refractivity contribution in [3.05, 3.63) is 71.8 Å². The quantitative estimate of drug-likeness (QED) is 0.221. The number of alkyl carbamates (subject to hydrolysis) is 1. The van der Waals surface area contributed by atoms with Crippen LogP contribution in [0.5, 0.6) is 0 Å². The van der Waals surface area contributed by atoms with Crippen LogP contribution in [-0.4, -0.2) is 69.0 Å². The van der Waals surface area contributed by atoms with Gasteiger partial charge in [0.05, 0.1) is 25.4 Å². The first-order valence-corrected chi connectivity index (χ1v) is 14.1. The minimum absolute atomic E-state index is 0.0635. The van der Waals surface area contributed by atoms with Crippen molar-refractivity contribution in [2.24, 2.45) is 5.92 Å². The van der Waals surface area contributed by atoms with Crippen molar-refractivity contribution in [2.45, 2.75) is 83.2 Å². The van der Waals surface area contributed by atoms with E-state index in [1.165, 1.54) is 7.11 Å². The lowest BCUT2D eigenvalue weighted by Gasteiger charge is -2.47. The summed E-state index contributed by atoms with van der Waals surface area (Å²) in [5, 5.41) is 2.25. The van der Waals surface area contributed by atoms with Crippen LogP contribution in [0.25, 0.3) is 0 Å². The zero-order valence-corrected chi connectivity index (χ0v) is 24.5. The van der Waals surface area contributed by atoms with Gasteiger partial charge in [-0.3, -0.25) is 0 Å². The predicted octanol–water partition coefficient (Wildman–Crippen LogP) is 5.26. The SMILES string of the molecule is CCOC(=O)[C@H](CC(F)(F)[C@H]1O[C@H](CC)[C@H](C)[C@H](OCc2ccccc2)[C@H]1OCOC)NC(=O)OCc1ccccc1. The number of nitrogens with one attached hydrogen (secondary N) is 1. The van der Waals surface area contributed by atoms with E-state index in [9.17, 15) is 9.59 Å². The van der Waals surface area contributed by atoms with Gasteiger partial charge in [-0.25, -0.2) is 18.4 Å². The Kier molecular flexibility index (Phi) is 13.1. The molecule has 0 bridgehead atoms. The van der Waals surface area contributed by atoms with Crippen LogP contribution in [0, 0.1) is 5.92 Å². The van der Waals surface area contributed by atoms with Gasteiger partial charge in [0.1, 0.15) is 25.5 Å². The monoisotopic (exact) mass is 593 g/mol. The normalized spacial score (nSPS) is 23.1. The first kappa shape index (κ1) is 33.4. The van der Waals surface area contributed by atoms with E-state index < -0.39 is 54.9 Å². The topological polar surface area (TPSA) is 102 Å². The van der Waals surface area contributed by atoms with Gasteiger partial charge in [0.15, 0.2) is 6.10 Å². The fourth-order valence-corrected chi connectivity index (χ4v) is 4.95. The molecule has 0 unspecified atom stereocenters. The molecule has 9 nitrogen and oxygen atoms in total. The predicted molar refractivity (Wildman–Crippen MR) is 150 cm³/mol. The summed E-state index contributed by atoms with van der Waals surface area (Å²) in [6.07, 6.45) is -6.10. The summed E-state index contributed by atoms with van der Waals surface area (Å²) in [4.78, 5) is 25.3. The molecule has 2 aromatic rings. The Hall–Kier alpha value is -3.12. The van der Waals surface area contributed by atoms with Crippen molar-refractivity contribution in [1.29, 1.82) is 0 Å². The summed E-state index contributed by atoms with van der Waals surface area (Å²) in [6.45, 7) is 4.99. The molecule has 1 fully saturated rings. The van der Waals surface area contributed by atoms with Crippen LogP contribution in [0.2, 0.25) is 0 Å². The van der Waals surface area contributed by atoms with E-state index in [-0.39, 0.29) is 32.5 Å². The van der Waals surface area contributed by atoms with E-state index in [2.05, 4.69) is 5.32 Å². The molecule has 0 aromatic heterocycles. The molecule has 1 N–H and O–H groups in total. The second kappa shape index (κ2) is 16.5. The first-order valence-electron chi connectivity index (χ1n) is 14.1. The van der Waals surface area contributed by atoms with Crippen molar-refractivity contribution in [2.75, 3.05) is 20.5 Å². The molecule has 42 heavy (non-hydrogen) atoms. The molecule has 6 atom stereocenters. The summed E-state index contributed by atoms with van der Waals surface area (Å²) >= 11 is 0. The van der Waals surface area contributed by atoms with E-state index in [1.807, 2.05) is 44.2 Å². The van der Waals surface area contributed by atoms with Crippen LogP contribution in [0.3, 0.4) is 0 Å². The fourth-order valence-electron chi connectivity index (χ4n) is 4.95. The molecular formula is C31H41F2NO8. The largest absolute Gasteiger partial charge is 0.464 e. The number of amides is 1. The Morgan fingerprint density at radius 3 is 2.12 bits per heavy atom. The van der Waals surface area contributed by atoms with Crippen LogP contribution in [0.1, 0.15) is 44.7 Å². The zero-order valence-electron chi connectivity index (χ0n) is 24.5. The van der Waals surface area contributed by atoms with Gasteiger partial charge < -0.3 is 33.7 Å². The summed E-state index contributed by atoms with van der Waals surface area (Å²) in [5.41, 5.74) is 1.57. The smallest absolute Gasteiger partial charge is 0.408 e. The Balaban J connectivity index is 1.81. The van der Waals surface area contributed by atoms with Gasteiger partial charge >= 0.3 is 12.1 Å². The summed E-state index contributed by atoms with van der Waals surface area (Å²) < 4.78 is 65.6. The highest BCUT2D eigenvalue weighted by Crippen LogP contribution is 2.40. The number of esters is 1. The summed E-state index contributed by atoms with van der Waals surface area (Å²) in [6, 6.07) is 16.5. The second-order valence-corrected chi connectivity index (χ2v) is 10.1. The van der Waals surface area contributed by atoms with Crippen LogP contribution < -0.4 is 5.32 Å². The highest BCUT2D eigenvalue weighted by molar-refractivity contribution is 5.81. The van der Waals surface area contributed by atoms with Crippen molar-refractivity contribution < 1.29 is 46.8 Å². The average molecular weight is 594 g/mol. The number of carbonyl (C=O) groups excluding carboxylic acids is 2. The molecule has 0 spiro atoms. The lowest BCUT2D eigenvalue weighted by molar-refractivity contribution is -0.293. The highest BCUT2D eigenvalue weighted by Gasteiger charge is 2.56. The number of carbonyl (C=O) groups is 2. The van der Waals surface area contributed by atoms with Crippen molar-refractivity contribution in [1.82, 2.24) is 5.32 Å². The van der Waals surface area contributed by atoms with E-state index in [1.54, 1.807) is 37.3 Å². The van der Waals surface area contributed by atoms with E-state index in [0.717, 1.165) is 5.56 Å². The average Bonchev–Trinajstić information content (AvgIpc) is 2.99. The molecule has 0 aliphatic carbocycles. The van der Waals surface area contributed by atoms with Gasteiger partial charge in [-0.2, -0.15) is 0 Å². The van der Waals surface area contributed by atoms with Gasteiger partial charge in [0.2, 0.25) is 0 Å². The minimum Gasteiger partial charge on any atom is -0.464 e. The molecule has 0 saturated carbocycles. The number of halogens is 2. The molecule has 232 valence electrons. The standard InChI is InChI=1S/C31H41F2NO8/c1-5-25-21(3)26(39-18-22-13-9-7-10-14-22)27(41-20-37-4)28(42-25)31(32,33)17-24(29(35)38-6-2)34-30(36)40-19-23-15-11-8-12-16-23/h7-16,21,24-28H,5-6,17-20H2,1-4H3,(H,34,36)/t21-,24-,25+,26-,27+,28-/m0/s1. The number of hydrogen-bond acceptors (Lipinski definition) is 8. The lowest BCUT2D eigenvalue weighted by Crippen LogP contribution is -2.62. The maximum atomic E-state index is 16.2. The van der Waals surface area contributed by atoms with Crippen LogP contribution in [-0.2, 0) is 46.4 Å². The third-order valence-corrected chi connectivity index (χ3v) is 7.08. The number of rotatable bonds is 15. The van der Waals surface area contributed by atoms with Crippen molar-refractivity contribution in [3.8, 4) is 0 Å². The van der Waals surface area contributed by atoms with E-state index >= 15 is 8.78 Å². The summed E-state index contributed by atoms with van der Waals surface area (Å²) in [7, 11) is 1.39. The number of benzene rings is 2. The molecule has 1 aliphatic heterocycles. The number of hydrogen-bond donors (Lipinski definition) is 1. The van der Waals surface area contributed by atoms with Gasteiger partial charge in [0.25, 0.3) is 5.92 Å². The lowest BCUT2D eigenvalue weighted by atomic mass is 9.83. The fraction of sp³-hybridized carbons (Fsp3) is 0.548. The maximum absolute atomic E-state index is 16.2. The number of ether oxygens (including phenoxy) is 6. The third-order valence-electron chi connectivity index (χ3n) is 7.08. The Morgan fingerprint density at radius 1 is 0.929 bits per heavy atom. The Morgan fingerprint density at radius 2 is 1.55 bits per heavy atom. The Bertz CT molecular complexity index is 1090. The second-order valence-electron chi connectivity index (χ2n) is 10.1. The van der Waals surface area contributed by atoms with Gasteiger partial charge in [-0.15, -0.1) is 0 Å². The molecule has 11 heteroatoms. The number of alkyl halides is 2. The minimum atomic E-state index is -3.66. The third kappa shape index (κ3) is 9.45. The van der Waals surface area contributed by atoms with Crippen molar-refractivity contribution >= 4 is 12.1 Å². The molecule has 2 aromatic carbocycles. The van der Waals surface area contributed by atoms with Gasteiger partial charge in [-0.05, 0) is 24.5 Å². The molecule has 3 rings (SSSR count). The number of methoxy groups -OCH3 is 1. The van der Waals surface area contributed by atoms with Crippen LogP contribution >= 0.6 is 0 Å². The molecule has 1 saturated heterocycles. The van der Waals surface area contributed by atoms with Crippen molar-refractivity contribution in [3.63, 3.8) is 0 Å². The van der Waals surface area contributed by atoms with Crippen LogP contribution in [0.15, 0.2) is 60.7 Å².